The Morgan fingerprint density at radius 3 is 2.68 bits per heavy atom. The van der Waals surface area contributed by atoms with E-state index in [-0.39, 0.29) is 16.5 Å². The molecule has 0 aliphatic rings. The molecule has 2 aromatic rings. The van der Waals surface area contributed by atoms with Gasteiger partial charge >= 0.3 is 5.97 Å². The number of alkyl halides is 2. The van der Waals surface area contributed by atoms with Crippen LogP contribution in [0.1, 0.15) is 22.7 Å². The minimum Gasteiger partial charge on any atom is -0.475 e. The van der Waals surface area contributed by atoms with Crippen molar-refractivity contribution < 1.29 is 23.1 Å². The number of oxazole rings is 1. The lowest BCUT2D eigenvalue weighted by atomic mass is 10.2. The fourth-order valence-corrected chi connectivity index (χ4v) is 1.99. The Labute approximate surface area is 119 Å². The van der Waals surface area contributed by atoms with Crippen molar-refractivity contribution in [3.05, 3.63) is 39.1 Å². The van der Waals surface area contributed by atoms with Crippen molar-refractivity contribution in [2.24, 2.45) is 0 Å². The maximum Gasteiger partial charge on any atom is 0.374 e. The zero-order valence-electron chi connectivity index (χ0n) is 9.03. The SMILES string of the molecule is O=C(O)c1oc(-c2cccc(Br)c2Cl)nc1C(F)F. The molecule has 2 rings (SSSR count). The fourth-order valence-electron chi connectivity index (χ4n) is 1.42. The van der Waals surface area contributed by atoms with Crippen molar-refractivity contribution in [3.63, 3.8) is 0 Å². The van der Waals surface area contributed by atoms with Crippen LogP contribution in [0.25, 0.3) is 11.5 Å². The van der Waals surface area contributed by atoms with E-state index in [1.54, 1.807) is 12.1 Å². The van der Waals surface area contributed by atoms with Crippen LogP contribution in [0.4, 0.5) is 8.78 Å². The van der Waals surface area contributed by atoms with Gasteiger partial charge in [-0.2, -0.15) is 0 Å². The van der Waals surface area contributed by atoms with Gasteiger partial charge in [-0.05, 0) is 28.1 Å². The molecule has 100 valence electrons. The van der Waals surface area contributed by atoms with Gasteiger partial charge in [0.05, 0.1) is 10.6 Å². The van der Waals surface area contributed by atoms with Crippen molar-refractivity contribution in [1.29, 1.82) is 0 Å². The molecule has 1 aromatic heterocycles. The number of carboxylic acids is 1. The van der Waals surface area contributed by atoms with Gasteiger partial charge in [0, 0.05) is 4.47 Å². The second-order valence-electron chi connectivity index (χ2n) is 3.44. The third-order valence-corrected chi connectivity index (χ3v) is 3.53. The van der Waals surface area contributed by atoms with E-state index < -0.39 is 23.8 Å². The van der Waals surface area contributed by atoms with Crippen molar-refractivity contribution >= 4 is 33.5 Å². The molecule has 1 heterocycles. The summed E-state index contributed by atoms with van der Waals surface area (Å²) in [4.78, 5) is 14.3. The van der Waals surface area contributed by atoms with Crippen LogP contribution in [0.15, 0.2) is 27.1 Å². The number of carbonyl (C=O) groups is 1. The van der Waals surface area contributed by atoms with Crippen molar-refractivity contribution in [1.82, 2.24) is 4.98 Å². The van der Waals surface area contributed by atoms with Gasteiger partial charge in [0.1, 0.15) is 0 Å². The van der Waals surface area contributed by atoms with Gasteiger partial charge in [-0.25, -0.2) is 18.6 Å². The summed E-state index contributed by atoms with van der Waals surface area (Å²) < 4.78 is 30.7. The highest BCUT2D eigenvalue weighted by molar-refractivity contribution is 9.10. The molecule has 0 aliphatic heterocycles. The molecule has 0 spiro atoms. The van der Waals surface area contributed by atoms with E-state index in [1.807, 2.05) is 0 Å². The van der Waals surface area contributed by atoms with Gasteiger partial charge in [0.15, 0.2) is 5.69 Å². The molecule has 0 saturated carbocycles. The number of halogens is 4. The molecule has 0 unspecified atom stereocenters. The summed E-state index contributed by atoms with van der Waals surface area (Å²) in [5.74, 6) is -2.76. The quantitative estimate of drug-likeness (QED) is 0.889. The Kier molecular flexibility index (Phi) is 3.86. The number of aromatic carboxylic acids is 1. The van der Waals surface area contributed by atoms with Crippen LogP contribution in [0.2, 0.25) is 5.02 Å². The monoisotopic (exact) mass is 351 g/mol. The van der Waals surface area contributed by atoms with Crippen LogP contribution in [0.5, 0.6) is 0 Å². The average molecular weight is 353 g/mol. The van der Waals surface area contributed by atoms with Crippen LogP contribution in [0.3, 0.4) is 0 Å². The molecular weight excluding hydrogens is 347 g/mol. The van der Waals surface area contributed by atoms with E-state index in [9.17, 15) is 13.6 Å². The predicted octanol–water partition coefficient (Wildman–Crippen LogP) is 4.39. The highest BCUT2D eigenvalue weighted by atomic mass is 79.9. The standard InChI is InChI=1S/C11H5BrClF2NO3/c12-5-3-1-2-4(6(5)13)10-16-7(9(14)15)8(19-10)11(17)18/h1-3,9H,(H,17,18). The summed E-state index contributed by atoms with van der Waals surface area (Å²) in [6.45, 7) is 0. The van der Waals surface area contributed by atoms with Gasteiger partial charge < -0.3 is 9.52 Å². The van der Waals surface area contributed by atoms with Crippen LogP contribution in [-0.4, -0.2) is 16.1 Å². The van der Waals surface area contributed by atoms with Crippen molar-refractivity contribution in [2.45, 2.75) is 6.43 Å². The number of benzene rings is 1. The topological polar surface area (TPSA) is 63.3 Å². The molecule has 0 fully saturated rings. The Morgan fingerprint density at radius 1 is 1.47 bits per heavy atom. The third kappa shape index (κ3) is 2.62. The number of nitrogens with zero attached hydrogens (tertiary/aromatic N) is 1. The third-order valence-electron chi connectivity index (χ3n) is 2.24. The molecular formula is C11H5BrClF2NO3. The molecule has 19 heavy (non-hydrogen) atoms. The summed E-state index contributed by atoms with van der Waals surface area (Å²) in [5, 5.41) is 8.99. The minimum atomic E-state index is -3.05. The number of carboxylic acid groups (broad SMARTS) is 1. The first-order valence-electron chi connectivity index (χ1n) is 4.88. The number of aromatic nitrogens is 1. The second-order valence-corrected chi connectivity index (χ2v) is 4.67. The maximum absolute atomic E-state index is 12.7. The Balaban J connectivity index is 2.61. The molecule has 8 heteroatoms. The molecule has 0 saturated heterocycles. The highest BCUT2D eigenvalue weighted by Gasteiger charge is 2.27. The normalized spacial score (nSPS) is 11.0. The summed E-state index contributed by atoms with van der Waals surface area (Å²) in [5.41, 5.74) is -0.691. The van der Waals surface area contributed by atoms with Crippen molar-refractivity contribution in [2.75, 3.05) is 0 Å². The molecule has 0 amide bonds. The summed E-state index contributed by atoms with van der Waals surface area (Å²) in [6.07, 6.45) is -3.05. The number of rotatable bonds is 3. The number of hydrogen-bond donors (Lipinski definition) is 1. The maximum atomic E-state index is 12.7. The van der Waals surface area contributed by atoms with Crippen LogP contribution in [0, 0.1) is 0 Å². The van der Waals surface area contributed by atoms with Crippen LogP contribution >= 0.6 is 27.5 Å². The van der Waals surface area contributed by atoms with Gasteiger partial charge in [-0.15, -0.1) is 0 Å². The van der Waals surface area contributed by atoms with E-state index >= 15 is 0 Å². The molecule has 0 atom stereocenters. The van der Waals surface area contributed by atoms with Crippen molar-refractivity contribution in [3.8, 4) is 11.5 Å². The lowest BCUT2D eigenvalue weighted by Crippen LogP contribution is -1.99. The predicted molar refractivity (Wildman–Crippen MR) is 66.6 cm³/mol. The van der Waals surface area contributed by atoms with Gasteiger partial charge in [-0.1, -0.05) is 17.7 Å². The zero-order valence-corrected chi connectivity index (χ0v) is 11.4. The average Bonchev–Trinajstić information content (AvgIpc) is 2.77. The van der Waals surface area contributed by atoms with E-state index in [1.165, 1.54) is 6.07 Å². The van der Waals surface area contributed by atoms with Crippen LogP contribution in [-0.2, 0) is 0 Å². The lowest BCUT2D eigenvalue weighted by molar-refractivity contribution is 0.0647. The Bertz CT molecular complexity index is 645. The van der Waals surface area contributed by atoms with Gasteiger partial charge in [0.25, 0.3) is 6.43 Å². The largest absolute Gasteiger partial charge is 0.475 e. The van der Waals surface area contributed by atoms with E-state index in [0.29, 0.717) is 4.47 Å². The first-order chi connectivity index (χ1) is 8.91. The van der Waals surface area contributed by atoms with Gasteiger partial charge in [0.2, 0.25) is 11.7 Å². The molecule has 0 bridgehead atoms. The van der Waals surface area contributed by atoms with E-state index in [4.69, 9.17) is 21.1 Å². The van der Waals surface area contributed by atoms with Gasteiger partial charge in [-0.3, -0.25) is 0 Å². The molecule has 1 aromatic carbocycles. The minimum absolute atomic E-state index is 0.196. The Morgan fingerprint density at radius 2 is 2.16 bits per heavy atom. The molecule has 1 N–H and O–H groups in total. The molecule has 0 radical (unpaired) electrons. The first kappa shape index (κ1) is 14.0. The summed E-state index contributed by atoms with van der Waals surface area (Å²) in [7, 11) is 0. The molecule has 0 aliphatic carbocycles. The fraction of sp³-hybridized carbons (Fsp3) is 0.0909. The summed E-state index contributed by atoms with van der Waals surface area (Å²) >= 11 is 9.13. The Hall–Kier alpha value is -1.47. The highest BCUT2D eigenvalue weighted by Crippen LogP contribution is 2.35. The summed E-state index contributed by atoms with van der Waals surface area (Å²) in [6, 6.07) is 4.72. The van der Waals surface area contributed by atoms with Crippen LogP contribution < -0.4 is 0 Å². The first-order valence-corrected chi connectivity index (χ1v) is 6.05. The van der Waals surface area contributed by atoms with E-state index in [2.05, 4.69) is 20.9 Å². The smallest absolute Gasteiger partial charge is 0.374 e. The zero-order chi connectivity index (χ0) is 14.2. The van der Waals surface area contributed by atoms with E-state index in [0.717, 1.165) is 0 Å². The second kappa shape index (κ2) is 5.26. The lowest BCUT2D eigenvalue weighted by Gasteiger charge is -2.00. The molecule has 4 nitrogen and oxygen atoms in total. The number of hydrogen-bond acceptors (Lipinski definition) is 3.